The van der Waals surface area contributed by atoms with Crippen molar-refractivity contribution >= 4 is 23.6 Å². The van der Waals surface area contributed by atoms with Gasteiger partial charge in [-0.15, -0.1) is 0 Å². The van der Waals surface area contributed by atoms with Crippen molar-refractivity contribution in [2.45, 2.75) is 26.3 Å². The molecule has 0 saturated heterocycles. The zero-order valence-corrected chi connectivity index (χ0v) is 11.7. The molecule has 0 atom stereocenters. The number of aliphatic hydroxyl groups is 1. The molecular formula is C12H18ClN3O2. The molecule has 0 aliphatic heterocycles. The Bertz CT molecular complexity index is 478. The first-order chi connectivity index (χ1) is 8.26. The molecule has 0 aliphatic carbocycles. The maximum absolute atomic E-state index is 11.6. The predicted octanol–water partition coefficient (Wildman–Crippen LogP) is 1.28. The van der Waals surface area contributed by atoms with Gasteiger partial charge in [0.15, 0.2) is 0 Å². The molecule has 1 aromatic heterocycles. The molecule has 2 N–H and O–H groups in total. The van der Waals surface area contributed by atoms with E-state index in [-0.39, 0.29) is 12.5 Å². The molecule has 18 heavy (non-hydrogen) atoms. The summed E-state index contributed by atoms with van der Waals surface area (Å²) in [4.78, 5) is 11.6. The Labute approximate surface area is 111 Å². The third kappa shape index (κ3) is 3.58. The SMILES string of the molecule is Cc1nn(C)c(Cl)c1/C=C/C(=O)NC(C)(C)CO. The minimum atomic E-state index is -0.644. The van der Waals surface area contributed by atoms with Crippen molar-refractivity contribution in [2.24, 2.45) is 7.05 Å². The molecule has 6 heteroatoms. The van der Waals surface area contributed by atoms with Gasteiger partial charge in [0.2, 0.25) is 5.91 Å². The summed E-state index contributed by atoms with van der Waals surface area (Å²) < 4.78 is 1.55. The molecule has 0 spiro atoms. The third-order valence-corrected chi connectivity index (χ3v) is 2.90. The summed E-state index contributed by atoms with van der Waals surface area (Å²) in [5, 5.41) is 16.3. The Morgan fingerprint density at radius 2 is 2.22 bits per heavy atom. The molecule has 1 rings (SSSR count). The van der Waals surface area contributed by atoms with Crippen LogP contribution in [0.1, 0.15) is 25.1 Å². The summed E-state index contributed by atoms with van der Waals surface area (Å²) in [5.41, 5.74) is 0.832. The lowest BCUT2D eigenvalue weighted by atomic mass is 10.1. The predicted molar refractivity (Wildman–Crippen MR) is 71.3 cm³/mol. The van der Waals surface area contributed by atoms with Crippen molar-refractivity contribution in [3.63, 3.8) is 0 Å². The summed E-state index contributed by atoms with van der Waals surface area (Å²) >= 11 is 6.04. The molecule has 0 radical (unpaired) electrons. The minimum Gasteiger partial charge on any atom is -0.394 e. The van der Waals surface area contributed by atoms with Gasteiger partial charge in [-0.05, 0) is 26.8 Å². The summed E-state index contributed by atoms with van der Waals surface area (Å²) in [5.74, 6) is -0.284. The van der Waals surface area contributed by atoms with Crippen molar-refractivity contribution < 1.29 is 9.90 Å². The van der Waals surface area contributed by atoms with E-state index >= 15 is 0 Å². The molecule has 0 bridgehead atoms. The van der Waals surface area contributed by atoms with Crippen LogP contribution in [-0.4, -0.2) is 32.9 Å². The molecule has 0 aromatic carbocycles. The van der Waals surface area contributed by atoms with Crippen LogP contribution in [0.3, 0.4) is 0 Å². The Hall–Kier alpha value is -1.33. The molecule has 0 fully saturated rings. The maximum atomic E-state index is 11.6. The van der Waals surface area contributed by atoms with Gasteiger partial charge in [0.25, 0.3) is 0 Å². The molecule has 0 saturated carbocycles. The van der Waals surface area contributed by atoms with E-state index < -0.39 is 5.54 Å². The Morgan fingerprint density at radius 1 is 1.61 bits per heavy atom. The number of carbonyl (C=O) groups excluding carboxylic acids is 1. The van der Waals surface area contributed by atoms with Crippen LogP contribution in [0.5, 0.6) is 0 Å². The maximum Gasteiger partial charge on any atom is 0.244 e. The van der Waals surface area contributed by atoms with Crippen LogP contribution in [0.4, 0.5) is 0 Å². The van der Waals surface area contributed by atoms with Gasteiger partial charge >= 0.3 is 0 Å². The van der Waals surface area contributed by atoms with Crippen molar-refractivity contribution in [1.82, 2.24) is 15.1 Å². The fourth-order valence-electron chi connectivity index (χ4n) is 1.41. The number of nitrogens with one attached hydrogen (secondary N) is 1. The fraction of sp³-hybridized carbons (Fsp3) is 0.500. The lowest BCUT2D eigenvalue weighted by Gasteiger charge is -2.22. The van der Waals surface area contributed by atoms with Gasteiger partial charge in [0.05, 0.1) is 17.8 Å². The second-order valence-corrected chi connectivity index (χ2v) is 5.14. The Morgan fingerprint density at radius 3 is 2.67 bits per heavy atom. The topological polar surface area (TPSA) is 67.2 Å². The van der Waals surface area contributed by atoms with Gasteiger partial charge < -0.3 is 10.4 Å². The van der Waals surface area contributed by atoms with Crippen LogP contribution in [0.2, 0.25) is 5.15 Å². The van der Waals surface area contributed by atoms with Gasteiger partial charge in [-0.25, -0.2) is 0 Å². The number of hydrogen-bond acceptors (Lipinski definition) is 3. The van der Waals surface area contributed by atoms with Crippen LogP contribution in [0.15, 0.2) is 6.08 Å². The molecule has 0 unspecified atom stereocenters. The molecular weight excluding hydrogens is 254 g/mol. The van der Waals surface area contributed by atoms with E-state index in [1.54, 1.807) is 31.7 Å². The largest absolute Gasteiger partial charge is 0.394 e. The van der Waals surface area contributed by atoms with Gasteiger partial charge in [-0.2, -0.15) is 5.10 Å². The number of amides is 1. The fourth-order valence-corrected chi connectivity index (χ4v) is 1.65. The minimum absolute atomic E-state index is 0.126. The van der Waals surface area contributed by atoms with E-state index in [9.17, 15) is 4.79 Å². The monoisotopic (exact) mass is 271 g/mol. The van der Waals surface area contributed by atoms with Crippen molar-refractivity contribution in [1.29, 1.82) is 0 Å². The summed E-state index contributed by atoms with van der Waals surface area (Å²) in [7, 11) is 1.74. The van der Waals surface area contributed by atoms with Crippen LogP contribution in [-0.2, 0) is 11.8 Å². The van der Waals surface area contributed by atoms with E-state index in [1.807, 2.05) is 6.92 Å². The number of halogens is 1. The lowest BCUT2D eigenvalue weighted by Crippen LogP contribution is -2.45. The van der Waals surface area contributed by atoms with E-state index in [0.717, 1.165) is 11.3 Å². The van der Waals surface area contributed by atoms with Crippen LogP contribution < -0.4 is 5.32 Å². The Kier molecular flexibility index (Phi) is 4.53. The van der Waals surface area contributed by atoms with Gasteiger partial charge in [0.1, 0.15) is 5.15 Å². The van der Waals surface area contributed by atoms with E-state index in [1.165, 1.54) is 6.08 Å². The van der Waals surface area contributed by atoms with E-state index in [0.29, 0.717) is 5.15 Å². The van der Waals surface area contributed by atoms with Crippen LogP contribution >= 0.6 is 11.6 Å². The highest BCUT2D eigenvalue weighted by Gasteiger charge is 2.17. The number of rotatable bonds is 4. The molecule has 1 heterocycles. The first kappa shape index (κ1) is 14.7. The quantitative estimate of drug-likeness (QED) is 0.811. The average Bonchev–Trinajstić information content (AvgIpc) is 2.50. The zero-order valence-electron chi connectivity index (χ0n) is 11.0. The third-order valence-electron chi connectivity index (χ3n) is 2.45. The summed E-state index contributed by atoms with van der Waals surface area (Å²) in [6.07, 6.45) is 3.00. The highest BCUT2D eigenvalue weighted by atomic mass is 35.5. The van der Waals surface area contributed by atoms with Crippen molar-refractivity contribution in [3.8, 4) is 0 Å². The molecule has 1 amide bonds. The first-order valence-electron chi connectivity index (χ1n) is 5.57. The number of hydrogen-bond donors (Lipinski definition) is 2. The Balaban J connectivity index is 2.78. The normalized spacial score (nSPS) is 12.1. The number of nitrogens with zero attached hydrogens (tertiary/aromatic N) is 2. The number of aryl methyl sites for hydroxylation is 2. The second kappa shape index (κ2) is 5.54. The number of aromatic nitrogens is 2. The van der Waals surface area contributed by atoms with Crippen LogP contribution in [0, 0.1) is 6.92 Å². The summed E-state index contributed by atoms with van der Waals surface area (Å²) in [6.45, 7) is 5.17. The lowest BCUT2D eigenvalue weighted by molar-refractivity contribution is -0.118. The zero-order chi connectivity index (χ0) is 13.9. The number of aliphatic hydroxyl groups excluding tert-OH is 1. The highest BCUT2D eigenvalue weighted by molar-refractivity contribution is 6.31. The van der Waals surface area contributed by atoms with Crippen molar-refractivity contribution in [2.75, 3.05) is 6.61 Å². The second-order valence-electron chi connectivity index (χ2n) is 4.78. The smallest absolute Gasteiger partial charge is 0.244 e. The standard InChI is InChI=1S/C12H18ClN3O2/c1-8-9(11(13)16(4)15-8)5-6-10(18)14-12(2,3)7-17/h5-6,17H,7H2,1-4H3,(H,14,18)/b6-5+. The van der Waals surface area contributed by atoms with Crippen molar-refractivity contribution in [3.05, 3.63) is 22.5 Å². The van der Waals surface area contributed by atoms with Crippen LogP contribution in [0.25, 0.3) is 6.08 Å². The molecule has 0 aliphatic rings. The highest BCUT2D eigenvalue weighted by Crippen LogP contribution is 2.19. The molecule has 1 aromatic rings. The number of carbonyl (C=O) groups is 1. The average molecular weight is 272 g/mol. The molecule has 100 valence electrons. The van der Waals surface area contributed by atoms with Gasteiger partial charge in [-0.1, -0.05) is 11.6 Å². The van der Waals surface area contributed by atoms with E-state index in [2.05, 4.69) is 10.4 Å². The van der Waals surface area contributed by atoms with Gasteiger partial charge in [0, 0.05) is 18.7 Å². The first-order valence-corrected chi connectivity index (χ1v) is 5.95. The summed E-state index contributed by atoms with van der Waals surface area (Å²) in [6, 6.07) is 0. The van der Waals surface area contributed by atoms with E-state index in [4.69, 9.17) is 16.7 Å². The molecule has 5 nitrogen and oxygen atoms in total. The van der Waals surface area contributed by atoms with Gasteiger partial charge in [-0.3, -0.25) is 9.48 Å².